The van der Waals surface area contributed by atoms with E-state index in [1.54, 1.807) is 46.6 Å². The van der Waals surface area contributed by atoms with Crippen molar-refractivity contribution in [1.82, 2.24) is 19.8 Å². The largest absolute Gasteiger partial charge is 0.357 e. The fraction of sp³-hybridized carbons (Fsp3) is 0.240. The van der Waals surface area contributed by atoms with Gasteiger partial charge in [0.15, 0.2) is 5.82 Å². The second-order valence-corrected chi connectivity index (χ2v) is 8.34. The summed E-state index contributed by atoms with van der Waals surface area (Å²) in [5, 5.41) is 0.636. The van der Waals surface area contributed by atoms with Gasteiger partial charge in [-0.1, -0.05) is 18.2 Å². The predicted molar refractivity (Wildman–Crippen MR) is 129 cm³/mol. The number of amides is 2. The van der Waals surface area contributed by atoms with Crippen molar-refractivity contribution in [2.75, 3.05) is 31.2 Å². The zero-order valence-corrected chi connectivity index (χ0v) is 18.7. The van der Waals surface area contributed by atoms with Gasteiger partial charge in [-0.05, 0) is 31.2 Å². The molecule has 0 radical (unpaired) electrons. The number of nitrogens with zero attached hydrogens (tertiary/aromatic N) is 5. The molecule has 0 spiro atoms. The molecule has 5 rings (SSSR count). The van der Waals surface area contributed by atoms with Gasteiger partial charge in [-0.3, -0.25) is 19.4 Å². The molecule has 9 heteroatoms. The Kier molecular flexibility index (Phi) is 5.67. The molecular weight excluding hydrogens is 432 g/mol. The van der Waals surface area contributed by atoms with E-state index in [1.165, 1.54) is 0 Å². The van der Waals surface area contributed by atoms with Gasteiger partial charge in [0.1, 0.15) is 6.67 Å². The highest BCUT2D eigenvalue weighted by Gasteiger charge is 2.34. The summed E-state index contributed by atoms with van der Waals surface area (Å²) in [4.78, 5) is 56.1. The summed E-state index contributed by atoms with van der Waals surface area (Å²) in [7, 11) is 0. The zero-order chi connectivity index (χ0) is 23.7. The highest BCUT2D eigenvalue weighted by molar-refractivity contribution is 6.45. The molecule has 3 aromatic rings. The number of rotatable bonds is 4. The molecule has 2 aliphatic rings. The van der Waals surface area contributed by atoms with E-state index in [0.717, 1.165) is 0 Å². The SMILES string of the molecule is C[C@@H]1CN(C(=O)c2ccccc2)CCN1C(=O)C(=O)c1c[nH]c2c(N3C=CC=NC3)nccc12. The van der Waals surface area contributed by atoms with Crippen LogP contribution in [0.2, 0.25) is 0 Å². The van der Waals surface area contributed by atoms with Gasteiger partial charge < -0.3 is 19.7 Å². The second kappa shape index (κ2) is 8.93. The van der Waals surface area contributed by atoms with Crippen LogP contribution in [0.1, 0.15) is 27.6 Å². The number of aromatic amines is 1. The van der Waals surface area contributed by atoms with Gasteiger partial charge in [-0.15, -0.1) is 0 Å². The van der Waals surface area contributed by atoms with Crippen molar-refractivity contribution in [2.24, 2.45) is 4.99 Å². The van der Waals surface area contributed by atoms with Crippen LogP contribution in [0.5, 0.6) is 0 Å². The third-order valence-electron chi connectivity index (χ3n) is 6.18. The summed E-state index contributed by atoms with van der Waals surface area (Å²) in [6.45, 7) is 3.33. The Hall–Kier alpha value is -4.27. The number of allylic oxidation sites excluding steroid dienone is 1. The fourth-order valence-corrected chi connectivity index (χ4v) is 4.42. The molecule has 1 saturated heterocycles. The summed E-state index contributed by atoms with van der Waals surface area (Å²) < 4.78 is 0. The highest BCUT2D eigenvalue weighted by Crippen LogP contribution is 2.28. The molecule has 2 aliphatic heterocycles. The van der Waals surface area contributed by atoms with Crippen molar-refractivity contribution in [3.63, 3.8) is 0 Å². The number of piperazine rings is 1. The van der Waals surface area contributed by atoms with Gasteiger partial charge in [0.25, 0.3) is 17.6 Å². The molecule has 4 heterocycles. The van der Waals surface area contributed by atoms with Crippen molar-refractivity contribution in [3.05, 3.63) is 72.2 Å². The summed E-state index contributed by atoms with van der Waals surface area (Å²) in [5.41, 5.74) is 1.60. The van der Waals surface area contributed by atoms with E-state index in [2.05, 4.69) is 15.0 Å². The third-order valence-corrected chi connectivity index (χ3v) is 6.18. The number of nitrogens with one attached hydrogen (secondary N) is 1. The summed E-state index contributed by atoms with van der Waals surface area (Å²) in [6, 6.07) is 10.5. The maximum Gasteiger partial charge on any atom is 0.295 e. The Morgan fingerprint density at radius 3 is 2.65 bits per heavy atom. The predicted octanol–water partition coefficient (Wildman–Crippen LogP) is 2.48. The number of carbonyl (C=O) groups excluding carboxylic acids is 3. The number of hydrogen-bond donors (Lipinski definition) is 1. The van der Waals surface area contributed by atoms with Crippen LogP contribution >= 0.6 is 0 Å². The molecule has 1 aromatic carbocycles. The monoisotopic (exact) mass is 456 g/mol. The van der Waals surface area contributed by atoms with Crippen molar-refractivity contribution in [1.29, 1.82) is 0 Å². The van der Waals surface area contributed by atoms with Crippen molar-refractivity contribution < 1.29 is 14.4 Å². The average molecular weight is 457 g/mol. The van der Waals surface area contributed by atoms with E-state index in [0.29, 0.717) is 54.2 Å². The maximum absolute atomic E-state index is 13.2. The lowest BCUT2D eigenvalue weighted by atomic mass is 10.1. The van der Waals surface area contributed by atoms with Crippen LogP contribution in [0.3, 0.4) is 0 Å². The minimum Gasteiger partial charge on any atom is -0.357 e. The quantitative estimate of drug-likeness (QED) is 0.480. The number of fused-ring (bicyclic) bond motifs is 1. The van der Waals surface area contributed by atoms with Crippen LogP contribution in [-0.4, -0.2) is 75.9 Å². The number of anilines is 1. The number of pyridine rings is 1. The Labute approximate surface area is 196 Å². The first-order chi connectivity index (χ1) is 16.5. The van der Waals surface area contributed by atoms with Gasteiger partial charge in [-0.2, -0.15) is 0 Å². The van der Waals surface area contributed by atoms with Crippen LogP contribution in [0.15, 0.2) is 66.1 Å². The minimum atomic E-state index is -0.578. The average Bonchev–Trinajstić information content (AvgIpc) is 3.33. The van der Waals surface area contributed by atoms with E-state index >= 15 is 0 Å². The molecule has 1 N–H and O–H groups in total. The van der Waals surface area contributed by atoms with Crippen LogP contribution < -0.4 is 4.90 Å². The van der Waals surface area contributed by atoms with E-state index in [1.807, 2.05) is 42.3 Å². The molecule has 172 valence electrons. The molecule has 0 unspecified atom stereocenters. The normalized spacial score (nSPS) is 17.9. The molecule has 1 atom stereocenters. The molecule has 2 amide bonds. The first kappa shape index (κ1) is 21.6. The van der Waals surface area contributed by atoms with Crippen molar-refractivity contribution >= 4 is 40.5 Å². The van der Waals surface area contributed by atoms with E-state index in [4.69, 9.17) is 0 Å². The lowest BCUT2D eigenvalue weighted by Gasteiger charge is -2.39. The number of ketones is 1. The van der Waals surface area contributed by atoms with Gasteiger partial charge >= 0.3 is 0 Å². The lowest BCUT2D eigenvalue weighted by Crippen LogP contribution is -2.56. The minimum absolute atomic E-state index is 0.0707. The molecular formula is C25H24N6O3. The van der Waals surface area contributed by atoms with E-state index in [9.17, 15) is 14.4 Å². The van der Waals surface area contributed by atoms with Gasteiger partial charge in [-0.25, -0.2) is 4.98 Å². The Bertz CT molecular complexity index is 1310. The second-order valence-electron chi connectivity index (χ2n) is 8.34. The van der Waals surface area contributed by atoms with Crippen molar-refractivity contribution in [2.45, 2.75) is 13.0 Å². The van der Waals surface area contributed by atoms with Crippen LogP contribution in [0.25, 0.3) is 10.9 Å². The number of Topliss-reactive ketones (excluding diaryl/α,β-unsaturated/α-hetero) is 1. The van der Waals surface area contributed by atoms with Gasteiger partial charge in [0.2, 0.25) is 0 Å². The van der Waals surface area contributed by atoms with Gasteiger partial charge in [0, 0.05) is 61.4 Å². The Morgan fingerprint density at radius 2 is 1.91 bits per heavy atom. The molecule has 0 saturated carbocycles. The standard InChI is InChI=1S/C25H24N6O3/c1-17-15-29(24(33)18-6-3-2-4-7-18)12-13-31(17)25(34)22(32)20-14-28-21-19(20)8-10-27-23(21)30-11-5-9-26-16-30/h2-11,14,17,28H,12-13,15-16H2,1H3/t17-/m1/s1. The molecule has 0 bridgehead atoms. The molecule has 34 heavy (non-hydrogen) atoms. The molecule has 0 aliphatic carbocycles. The van der Waals surface area contributed by atoms with Crippen LogP contribution in [0.4, 0.5) is 5.82 Å². The molecule has 2 aromatic heterocycles. The summed E-state index contributed by atoms with van der Waals surface area (Å²) >= 11 is 0. The van der Waals surface area contributed by atoms with E-state index in [-0.39, 0.29) is 11.9 Å². The number of H-pyrrole nitrogens is 1. The maximum atomic E-state index is 13.2. The molecule has 1 fully saturated rings. The summed E-state index contributed by atoms with van der Waals surface area (Å²) in [6.07, 6.45) is 8.57. The fourth-order valence-electron chi connectivity index (χ4n) is 4.42. The Morgan fingerprint density at radius 1 is 1.09 bits per heavy atom. The van der Waals surface area contributed by atoms with Crippen LogP contribution in [0, 0.1) is 0 Å². The number of hydrogen-bond acceptors (Lipinski definition) is 6. The number of aromatic nitrogens is 2. The third kappa shape index (κ3) is 3.85. The van der Waals surface area contributed by atoms with Crippen molar-refractivity contribution in [3.8, 4) is 0 Å². The number of benzene rings is 1. The summed E-state index contributed by atoms with van der Waals surface area (Å²) in [5.74, 6) is -0.580. The van der Waals surface area contributed by atoms with Crippen LogP contribution in [-0.2, 0) is 4.79 Å². The van der Waals surface area contributed by atoms with Gasteiger partial charge in [0.05, 0.1) is 11.1 Å². The highest BCUT2D eigenvalue weighted by atomic mass is 16.2. The molecule has 9 nitrogen and oxygen atoms in total. The van der Waals surface area contributed by atoms with E-state index < -0.39 is 11.7 Å². The first-order valence-electron chi connectivity index (χ1n) is 11.1. The Balaban J connectivity index is 1.33. The smallest absolute Gasteiger partial charge is 0.295 e. The number of aliphatic imine (C=N–C) groups is 1. The first-order valence-corrected chi connectivity index (χ1v) is 11.1. The lowest BCUT2D eigenvalue weighted by molar-refractivity contribution is -0.130. The topological polar surface area (TPSA) is 102 Å². The number of carbonyl (C=O) groups is 3. The zero-order valence-electron chi connectivity index (χ0n) is 18.7.